The SMILES string of the molecule is C[C](C)(C)[La]([C](C)(C)C)([C](C)(C)C)[C](C)(C)C. The summed E-state index contributed by atoms with van der Waals surface area (Å²) in [6, 6.07) is 0. The van der Waals surface area contributed by atoms with Gasteiger partial charge in [-0.3, -0.25) is 0 Å². The third-order valence-corrected chi connectivity index (χ3v) is 37.8. The molecule has 0 amide bonds. The van der Waals surface area contributed by atoms with Crippen molar-refractivity contribution in [3.63, 3.8) is 0 Å². The Hall–Kier alpha value is 1.19. The van der Waals surface area contributed by atoms with Crippen LogP contribution >= 0.6 is 0 Å². The van der Waals surface area contributed by atoms with Crippen LogP contribution < -0.4 is 0 Å². The maximum absolute atomic E-state index is 2.81. The van der Waals surface area contributed by atoms with Gasteiger partial charge in [0.2, 0.25) is 0 Å². The van der Waals surface area contributed by atoms with Crippen molar-refractivity contribution < 1.29 is 28.1 Å². The molecule has 0 aliphatic rings. The fraction of sp³-hybridized carbons (Fsp3) is 1.00. The van der Waals surface area contributed by atoms with Crippen LogP contribution in [0, 0.1) is 28.1 Å². The van der Waals surface area contributed by atoms with Gasteiger partial charge in [-0.25, -0.2) is 0 Å². The van der Waals surface area contributed by atoms with Crippen LogP contribution in [0.15, 0.2) is 0 Å². The van der Waals surface area contributed by atoms with Gasteiger partial charge >= 0.3 is 118 Å². The van der Waals surface area contributed by atoms with Gasteiger partial charge < -0.3 is 0 Å². The number of hydrogen-bond acceptors (Lipinski definition) is 0. The second-order valence-electron chi connectivity index (χ2n) is 10.3. The molecule has 0 nitrogen and oxygen atoms in total. The van der Waals surface area contributed by atoms with Crippen molar-refractivity contribution in [1.29, 1.82) is 0 Å². The van der Waals surface area contributed by atoms with E-state index in [0.29, 0.717) is 7.27 Å². The Morgan fingerprint density at radius 1 is 0.353 bits per heavy atom. The Bertz CT molecular complexity index is 198. The predicted octanol–water partition coefficient (Wildman–Crippen LogP) is 7.02. The summed E-state index contributed by atoms with van der Waals surface area (Å²) < 4.78 is 1.98. The van der Waals surface area contributed by atoms with E-state index in [2.05, 4.69) is 83.1 Å². The van der Waals surface area contributed by atoms with E-state index in [9.17, 15) is 0 Å². The average molecular weight is 367 g/mol. The van der Waals surface area contributed by atoms with Gasteiger partial charge in [0.15, 0.2) is 0 Å². The molecule has 0 fully saturated rings. The molecule has 0 bridgehead atoms. The van der Waals surface area contributed by atoms with Crippen molar-refractivity contribution in [1.82, 2.24) is 0 Å². The Kier molecular flexibility index (Phi) is 4.96. The van der Waals surface area contributed by atoms with Crippen molar-refractivity contribution in [3.05, 3.63) is 0 Å². The Morgan fingerprint density at radius 2 is 0.471 bits per heavy atom. The van der Waals surface area contributed by atoms with Gasteiger partial charge in [-0.05, 0) is 0 Å². The van der Waals surface area contributed by atoms with Crippen LogP contribution in [0.2, 0.25) is 7.27 Å². The van der Waals surface area contributed by atoms with E-state index in [1.54, 1.807) is 0 Å². The van der Waals surface area contributed by atoms with Crippen LogP contribution in [0.3, 0.4) is 0 Å². The Labute approximate surface area is 117 Å². The molecule has 0 radical (unpaired) electrons. The van der Waals surface area contributed by atoms with Crippen molar-refractivity contribution in [2.75, 3.05) is 0 Å². The van der Waals surface area contributed by atoms with E-state index in [1.165, 1.54) is 0 Å². The Morgan fingerprint density at radius 3 is 0.471 bits per heavy atom. The van der Waals surface area contributed by atoms with Crippen LogP contribution in [-0.4, -0.2) is 0 Å². The molecule has 0 aliphatic carbocycles. The quantitative estimate of drug-likeness (QED) is 0.432. The van der Waals surface area contributed by atoms with Gasteiger partial charge in [0.25, 0.3) is 0 Å². The van der Waals surface area contributed by atoms with Crippen LogP contribution in [-0.2, 0) is 0 Å². The van der Waals surface area contributed by atoms with E-state index >= 15 is 0 Å². The molecule has 0 heterocycles. The van der Waals surface area contributed by atoms with Gasteiger partial charge in [0, 0.05) is 0 Å². The summed E-state index contributed by atoms with van der Waals surface area (Å²) in [5, 5.41) is 0. The zero-order chi connectivity index (χ0) is 14.5. The molecule has 0 N–H and O–H groups in total. The summed E-state index contributed by atoms with van der Waals surface area (Å²) in [6.45, 7) is 30.2. The molecule has 0 saturated carbocycles. The van der Waals surface area contributed by atoms with Gasteiger partial charge in [-0.15, -0.1) is 0 Å². The fourth-order valence-corrected chi connectivity index (χ4v) is 56.7. The molecule has 0 saturated heterocycles. The molecule has 0 spiro atoms. The van der Waals surface area contributed by atoms with Crippen LogP contribution in [0.25, 0.3) is 0 Å². The number of rotatable bonds is 0. The molecular formula is C16H36La. The molecule has 17 heavy (non-hydrogen) atoms. The van der Waals surface area contributed by atoms with E-state index in [1.807, 2.05) is 0 Å². The fourth-order valence-electron chi connectivity index (χ4n) is 7.79. The minimum atomic E-state index is -2.81. The van der Waals surface area contributed by atoms with Crippen molar-refractivity contribution in [3.8, 4) is 0 Å². The molecule has 103 valence electrons. The molecule has 0 aromatic rings. The number of hydrogen-bond donors (Lipinski definition) is 0. The summed E-state index contributed by atoms with van der Waals surface area (Å²) in [7, 11) is 0. The zero-order valence-corrected chi connectivity index (χ0v) is 18.2. The van der Waals surface area contributed by atoms with Gasteiger partial charge in [0.05, 0.1) is 0 Å². The van der Waals surface area contributed by atoms with E-state index in [-0.39, 0.29) is 0 Å². The third-order valence-electron chi connectivity index (χ3n) is 5.20. The van der Waals surface area contributed by atoms with Crippen molar-refractivity contribution >= 4 is 0 Å². The van der Waals surface area contributed by atoms with E-state index in [4.69, 9.17) is 0 Å². The normalized spacial score (nSPS) is 16.2. The summed E-state index contributed by atoms with van der Waals surface area (Å²) in [4.78, 5) is 0. The van der Waals surface area contributed by atoms with Gasteiger partial charge in [-0.1, -0.05) is 0 Å². The second kappa shape index (κ2) is 4.63. The molecule has 0 unspecified atom stereocenters. The van der Waals surface area contributed by atoms with E-state index in [0.717, 1.165) is 0 Å². The topological polar surface area (TPSA) is 0 Å². The maximum atomic E-state index is 2.51. The molecule has 0 rings (SSSR count). The second-order valence-corrected chi connectivity index (χ2v) is 37.5. The zero-order valence-electron chi connectivity index (χ0n) is 14.6. The summed E-state index contributed by atoms with van der Waals surface area (Å²) in [5.41, 5.74) is 0. The average Bonchev–Trinajstić information content (AvgIpc) is 1.67. The Balaban J connectivity index is 6.37. The molecule has 0 atom stereocenters. The first-order valence-electron chi connectivity index (χ1n) is 7.15. The molecular weight excluding hydrogens is 331 g/mol. The van der Waals surface area contributed by atoms with Gasteiger partial charge in [0.1, 0.15) is 0 Å². The predicted molar refractivity (Wildman–Crippen MR) is 78.9 cm³/mol. The van der Waals surface area contributed by atoms with Crippen LogP contribution in [0.4, 0.5) is 0 Å². The molecule has 1 heteroatoms. The van der Waals surface area contributed by atoms with Crippen molar-refractivity contribution in [2.24, 2.45) is 0 Å². The third kappa shape index (κ3) is 2.87. The van der Waals surface area contributed by atoms with Crippen LogP contribution in [0.5, 0.6) is 0 Å². The summed E-state index contributed by atoms with van der Waals surface area (Å²) in [6.07, 6.45) is 0. The van der Waals surface area contributed by atoms with Crippen LogP contribution in [0.1, 0.15) is 83.1 Å². The summed E-state index contributed by atoms with van der Waals surface area (Å²) >= 11 is -2.81. The first-order valence-corrected chi connectivity index (χ1v) is 14.4. The van der Waals surface area contributed by atoms with Crippen molar-refractivity contribution in [2.45, 2.75) is 90.4 Å². The van der Waals surface area contributed by atoms with E-state index < -0.39 is 28.1 Å². The summed E-state index contributed by atoms with van der Waals surface area (Å²) in [5.74, 6) is 0. The molecule has 0 aliphatic heterocycles. The monoisotopic (exact) mass is 367 g/mol. The standard InChI is InChI=1S/4C4H9.La/c4*1-4(2)3;/h4*1-3H3;. The minimum absolute atomic E-state index is 0.495. The first kappa shape index (κ1) is 18.2. The first-order chi connectivity index (χ1) is 7.00. The molecule has 0 aromatic heterocycles. The molecule has 0 aromatic carbocycles. The van der Waals surface area contributed by atoms with Gasteiger partial charge in [-0.2, -0.15) is 0 Å².